The average molecular weight is 1300 g/mol. The summed E-state index contributed by atoms with van der Waals surface area (Å²) in [6, 6.07) is 51.7. The molecule has 0 heterocycles. The van der Waals surface area contributed by atoms with Gasteiger partial charge in [-0.3, -0.25) is 0 Å². The molecule has 11 heteroatoms. The number of nitrogens with zero attached hydrogens (tertiary/aromatic N) is 4. The van der Waals surface area contributed by atoms with E-state index in [1.807, 2.05) is 58.0 Å². The van der Waals surface area contributed by atoms with Crippen molar-refractivity contribution in [3.8, 4) is 44.9 Å². The summed E-state index contributed by atoms with van der Waals surface area (Å²) in [6.07, 6.45) is 0. The van der Waals surface area contributed by atoms with Gasteiger partial charge in [-0.15, -0.1) is 0 Å². The van der Waals surface area contributed by atoms with Crippen LogP contribution in [0.1, 0.15) is 100 Å². The fourth-order valence-electron chi connectivity index (χ4n) is 8.56. The highest BCUT2D eigenvalue weighted by Crippen LogP contribution is 2.32. The maximum Gasteiger partial charge on any atom is 0.488 e. The molecule has 460 valence electrons. The fraction of sp³-hybridized carbons (Fsp3) is 0.289. The minimum absolute atomic E-state index is 0.346. The minimum Gasteiger partial charge on any atom is -0.508 e. The number of halogens is 2. The second-order valence-corrected chi connectivity index (χ2v) is 23.7. The summed E-state index contributed by atoms with van der Waals surface area (Å²) in [5, 5.41) is 49.9. The van der Waals surface area contributed by atoms with Crippen molar-refractivity contribution in [1.82, 2.24) is 0 Å². The molecule has 0 aliphatic rings. The topological polar surface area (TPSA) is 130 Å². The maximum atomic E-state index is 9.67. The number of phenolic OH excluding ortho intramolecular Hbond substituents is 2. The summed E-state index contributed by atoms with van der Waals surface area (Å²) in [5.74, 6) is 0.716. The molecule has 0 spiro atoms. The average Bonchev–Trinajstić information content (AvgIpc) is 3.10. The SMILES string of the molecule is CN=NC.CN=NC.Cc1cc(Br)ccc1O.Cc1ccc(-c2ccc(C)c(C)c2C)cc1C.Cc1ccc(-c2ccc(O)c(C)c2C)cc1C.Cc1ccc(-c2cccc(C)c2C)cc1C.Cc1ccc(Br)cc1C.Cc1cccc(B(O)O)c1C. The Balaban J connectivity index is 0.000000352. The van der Waals surface area contributed by atoms with E-state index in [2.05, 4.69) is 252 Å². The van der Waals surface area contributed by atoms with Gasteiger partial charge in [-0.25, -0.2) is 0 Å². The number of benzene rings is 9. The van der Waals surface area contributed by atoms with E-state index in [-0.39, 0.29) is 0 Å². The van der Waals surface area contributed by atoms with E-state index < -0.39 is 7.12 Å². The number of hydrogen-bond donors (Lipinski definition) is 4. The predicted molar refractivity (Wildman–Crippen MR) is 382 cm³/mol. The second kappa shape index (κ2) is 38.1. The standard InChI is InChI=1S/C17H20.C16H18O.C16H18.C8H11BO2.C8H9Br.C7H7BrO.2C2H6N2/c1-11-6-8-16(10-13(11)3)17-9-7-12(2)14(4)15(17)5;1-10-5-6-14(9-11(10)2)15-7-8-16(17)13(4)12(15)3;1-11-8-9-15(10-13(11)3)16-7-5-6-12(2)14(16)4;1-6-4-3-5-8(7(6)2)9(10)11;1-6-3-4-8(9)5-7(6)2;1-5-4-6(8)2-3-7(5)9;2*1-3-4-2/h6-10H,1-5H3;5-9,17H,1-4H3;5-10H,1-4H3;3-5,10-11H,1-2H3;3-5H,1-2H3;2-4,9H,1H3;2*1-2H3. The lowest BCUT2D eigenvalue weighted by Gasteiger charge is -2.12. The molecule has 0 unspecified atom stereocenters. The van der Waals surface area contributed by atoms with Gasteiger partial charge in [0.1, 0.15) is 11.5 Å². The molecule has 9 aromatic carbocycles. The highest BCUT2D eigenvalue weighted by molar-refractivity contribution is 9.10. The van der Waals surface area contributed by atoms with Crippen molar-refractivity contribution >= 4 is 44.4 Å². The first-order valence-electron chi connectivity index (χ1n) is 29.1. The third-order valence-corrected chi connectivity index (χ3v) is 16.8. The van der Waals surface area contributed by atoms with Gasteiger partial charge in [0.05, 0.1) is 0 Å². The zero-order chi connectivity index (χ0) is 65.8. The molecule has 9 aromatic rings. The Morgan fingerprint density at radius 3 is 0.966 bits per heavy atom. The molecule has 0 aliphatic heterocycles. The normalized spacial score (nSPS) is 10.2. The molecule has 0 saturated heterocycles. The number of hydrogen-bond acceptors (Lipinski definition) is 8. The Hall–Kier alpha value is -7.28. The Morgan fingerprint density at radius 2 is 0.598 bits per heavy atom. The van der Waals surface area contributed by atoms with E-state index in [9.17, 15) is 5.11 Å². The number of aryl methyl sites for hydroxylation is 12. The van der Waals surface area contributed by atoms with E-state index in [1.165, 1.54) is 106 Å². The summed E-state index contributed by atoms with van der Waals surface area (Å²) in [7, 11) is 5.20. The van der Waals surface area contributed by atoms with E-state index in [0.29, 0.717) is 17.0 Å². The van der Waals surface area contributed by atoms with Gasteiger partial charge in [-0.2, -0.15) is 20.5 Å². The summed E-state index contributed by atoms with van der Waals surface area (Å²) in [4.78, 5) is 0. The van der Waals surface area contributed by atoms with Gasteiger partial charge in [0.15, 0.2) is 0 Å². The molecule has 0 amide bonds. The van der Waals surface area contributed by atoms with Gasteiger partial charge in [-0.1, -0.05) is 147 Å². The van der Waals surface area contributed by atoms with Crippen molar-refractivity contribution < 1.29 is 20.3 Å². The summed E-state index contributed by atoms with van der Waals surface area (Å²) in [6.45, 7) is 37.8. The quantitative estimate of drug-likeness (QED) is 0.103. The number of aromatic hydroxyl groups is 2. The molecule has 0 fully saturated rings. The number of azo groups is 2. The van der Waals surface area contributed by atoms with Crippen LogP contribution in [0.4, 0.5) is 0 Å². The van der Waals surface area contributed by atoms with Gasteiger partial charge in [0.25, 0.3) is 0 Å². The lowest BCUT2D eigenvalue weighted by Crippen LogP contribution is -2.32. The predicted octanol–water partition coefficient (Wildman–Crippen LogP) is 20.7. The third-order valence-electron chi connectivity index (χ3n) is 15.8. The van der Waals surface area contributed by atoms with Gasteiger partial charge in [-0.05, 0) is 300 Å². The lowest BCUT2D eigenvalue weighted by atomic mass is 9.76. The Labute approximate surface area is 540 Å². The molecule has 87 heavy (non-hydrogen) atoms. The van der Waals surface area contributed by atoms with Crippen molar-refractivity contribution in [2.75, 3.05) is 28.2 Å². The molecule has 0 saturated carbocycles. The van der Waals surface area contributed by atoms with Gasteiger partial charge < -0.3 is 20.3 Å². The van der Waals surface area contributed by atoms with E-state index >= 15 is 0 Å². The highest BCUT2D eigenvalue weighted by atomic mass is 79.9. The largest absolute Gasteiger partial charge is 0.508 e. The molecule has 8 nitrogen and oxygen atoms in total. The molecule has 0 aliphatic carbocycles. The molecule has 4 N–H and O–H groups in total. The van der Waals surface area contributed by atoms with Gasteiger partial charge in [0.2, 0.25) is 0 Å². The van der Waals surface area contributed by atoms with Crippen LogP contribution in [0.15, 0.2) is 181 Å². The van der Waals surface area contributed by atoms with E-state index in [4.69, 9.17) is 15.2 Å². The van der Waals surface area contributed by atoms with E-state index in [0.717, 1.165) is 36.8 Å². The monoisotopic (exact) mass is 1300 g/mol. The van der Waals surface area contributed by atoms with Crippen molar-refractivity contribution in [1.29, 1.82) is 0 Å². The maximum absolute atomic E-state index is 9.67. The zero-order valence-electron chi connectivity index (χ0n) is 55.8. The van der Waals surface area contributed by atoms with Crippen molar-refractivity contribution in [3.63, 3.8) is 0 Å². The third kappa shape index (κ3) is 24.4. The fourth-order valence-corrected chi connectivity index (χ4v) is 9.51. The van der Waals surface area contributed by atoms with Crippen LogP contribution < -0.4 is 5.46 Å². The zero-order valence-corrected chi connectivity index (χ0v) is 59.0. The smallest absolute Gasteiger partial charge is 0.488 e. The molecule has 0 aromatic heterocycles. The van der Waals surface area contributed by atoms with Crippen LogP contribution in [-0.4, -0.2) is 55.6 Å². The lowest BCUT2D eigenvalue weighted by molar-refractivity contribution is 0.425. The molecule has 9 rings (SSSR count). The molecule has 0 radical (unpaired) electrons. The van der Waals surface area contributed by atoms with Crippen LogP contribution in [0.5, 0.6) is 11.5 Å². The van der Waals surface area contributed by atoms with Gasteiger partial charge in [0, 0.05) is 37.1 Å². The summed E-state index contributed by atoms with van der Waals surface area (Å²) in [5.41, 5.74) is 31.0. The molecular formula is C76H95BBr2N4O4. The Morgan fingerprint density at radius 1 is 0.276 bits per heavy atom. The summed E-state index contributed by atoms with van der Waals surface area (Å²) < 4.78 is 2.16. The van der Waals surface area contributed by atoms with Gasteiger partial charge >= 0.3 is 7.12 Å². The van der Waals surface area contributed by atoms with Crippen LogP contribution in [0.25, 0.3) is 33.4 Å². The van der Waals surface area contributed by atoms with Crippen molar-refractivity contribution in [2.24, 2.45) is 20.5 Å². The first-order chi connectivity index (χ1) is 40.9. The first kappa shape index (κ1) is 75.8. The Kier molecular flexibility index (Phi) is 33.2. The first-order valence-corrected chi connectivity index (χ1v) is 30.7. The van der Waals surface area contributed by atoms with Crippen LogP contribution in [-0.2, 0) is 0 Å². The molecule has 0 atom stereocenters. The van der Waals surface area contributed by atoms with Crippen LogP contribution >= 0.6 is 31.9 Å². The van der Waals surface area contributed by atoms with E-state index in [1.54, 1.807) is 46.4 Å². The molecular weight excluding hydrogens is 1200 g/mol. The second-order valence-electron chi connectivity index (χ2n) is 21.8. The summed E-state index contributed by atoms with van der Waals surface area (Å²) >= 11 is 6.68. The number of phenols is 2. The van der Waals surface area contributed by atoms with Crippen LogP contribution in [0.2, 0.25) is 0 Å². The Bertz CT molecular complexity index is 3550. The van der Waals surface area contributed by atoms with Crippen LogP contribution in [0, 0.1) is 125 Å². The highest BCUT2D eigenvalue weighted by Gasteiger charge is 2.14. The number of rotatable bonds is 4. The van der Waals surface area contributed by atoms with Crippen molar-refractivity contribution in [3.05, 3.63) is 261 Å². The minimum atomic E-state index is -1.35. The molecule has 0 bridgehead atoms. The van der Waals surface area contributed by atoms with Crippen LogP contribution in [0.3, 0.4) is 0 Å². The van der Waals surface area contributed by atoms with Crippen molar-refractivity contribution in [2.45, 2.75) is 125 Å².